The number of halogens is 2. The highest BCUT2D eigenvalue weighted by Crippen LogP contribution is 2.23. The first-order valence-electron chi connectivity index (χ1n) is 5.69. The Balaban J connectivity index is 2.13. The minimum Gasteiger partial charge on any atom is -0.378 e. The van der Waals surface area contributed by atoms with Gasteiger partial charge in [-0.1, -0.05) is 15.9 Å². The number of rotatable bonds is 3. The molecule has 1 fully saturated rings. The molecule has 1 aliphatic heterocycles. The summed E-state index contributed by atoms with van der Waals surface area (Å²) in [6, 6.07) is 0.450. The Labute approximate surface area is 119 Å². The SMILES string of the molecule is Cc1nn(C)c(CN2CCOCC2CBr)c1Br. The van der Waals surface area contributed by atoms with Gasteiger partial charge in [-0.15, -0.1) is 0 Å². The Morgan fingerprint density at radius 3 is 2.88 bits per heavy atom. The fourth-order valence-corrected chi connectivity index (χ4v) is 3.14. The predicted molar refractivity (Wildman–Crippen MR) is 74.5 cm³/mol. The third-order valence-electron chi connectivity index (χ3n) is 3.14. The van der Waals surface area contributed by atoms with E-state index in [1.54, 1.807) is 0 Å². The molecule has 0 aliphatic carbocycles. The molecular formula is C11H17Br2N3O. The summed E-state index contributed by atoms with van der Waals surface area (Å²) in [6.45, 7) is 5.54. The van der Waals surface area contributed by atoms with Gasteiger partial charge in [0, 0.05) is 31.5 Å². The van der Waals surface area contributed by atoms with Crippen molar-refractivity contribution in [2.75, 3.05) is 25.1 Å². The molecule has 6 heteroatoms. The summed E-state index contributed by atoms with van der Waals surface area (Å²) in [5.41, 5.74) is 2.28. The molecule has 0 radical (unpaired) electrons. The second kappa shape index (κ2) is 5.82. The van der Waals surface area contributed by atoms with E-state index in [-0.39, 0.29) is 0 Å². The van der Waals surface area contributed by atoms with E-state index in [9.17, 15) is 0 Å². The summed E-state index contributed by atoms with van der Waals surface area (Å²) < 4.78 is 8.58. The van der Waals surface area contributed by atoms with Gasteiger partial charge in [0.2, 0.25) is 0 Å². The van der Waals surface area contributed by atoms with Crippen molar-refractivity contribution in [3.05, 3.63) is 15.9 Å². The smallest absolute Gasteiger partial charge is 0.0739 e. The molecule has 1 aromatic heterocycles. The zero-order valence-electron chi connectivity index (χ0n) is 10.1. The number of aryl methyl sites for hydroxylation is 2. The van der Waals surface area contributed by atoms with Crippen LogP contribution in [0.5, 0.6) is 0 Å². The summed E-state index contributed by atoms with van der Waals surface area (Å²) in [4.78, 5) is 2.44. The van der Waals surface area contributed by atoms with Crippen LogP contribution in [0, 0.1) is 6.92 Å². The zero-order chi connectivity index (χ0) is 12.4. The van der Waals surface area contributed by atoms with Crippen molar-refractivity contribution >= 4 is 31.9 Å². The van der Waals surface area contributed by atoms with E-state index in [0.29, 0.717) is 6.04 Å². The van der Waals surface area contributed by atoms with Crippen LogP contribution < -0.4 is 0 Å². The highest BCUT2D eigenvalue weighted by molar-refractivity contribution is 9.10. The first kappa shape index (κ1) is 13.5. The van der Waals surface area contributed by atoms with Gasteiger partial charge in [0.15, 0.2) is 0 Å². The molecule has 1 aliphatic rings. The molecule has 0 N–H and O–H groups in total. The van der Waals surface area contributed by atoms with Crippen molar-refractivity contribution in [3.8, 4) is 0 Å². The Hall–Kier alpha value is 0.0900. The molecule has 1 unspecified atom stereocenters. The molecule has 4 nitrogen and oxygen atoms in total. The lowest BCUT2D eigenvalue weighted by Gasteiger charge is -2.34. The van der Waals surface area contributed by atoms with Gasteiger partial charge >= 0.3 is 0 Å². The second-order valence-electron chi connectivity index (χ2n) is 4.32. The van der Waals surface area contributed by atoms with Crippen LogP contribution in [0.1, 0.15) is 11.4 Å². The number of aromatic nitrogens is 2. The Bertz CT molecular complexity index is 394. The molecule has 2 rings (SSSR count). The van der Waals surface area contributed by atoms with E-state index in [1.807, 2.05) is 18.7 Å². The second-order valence-corrected chi connectivity index (χ2v) is 5.76. The van der Waals surface area contributed by atoms with Crippen molar-refractivity contribution in [1.29, 1.82) is 0 Å². The normalized spacial score (nSPS) is 22.0. The fourth-order valence-electron chi connectivity index (χ4n) is 2.08. The average Bonchev–Trinajstić information content (AvgIpc) is 2.57. The van der Waals surface area contributed by atoms with E-state index in [0.717, 1.165) is 41.8 Å². The number of alkyl halides is 1. The molecule has 1 saturated heterocycles. The lowest BCUT2D eigenvalue weighted by atomic mass is 10.2. The average molecular weight is 367 g/mol. The number of nitrogens with zero attached hydrogens (tertiary/aromatic N) is 3. The van der Waals surface area contributed by atoms with Crippen LogP contribution in [0.2, 0.25) is 0 Å². The van der Waals surface area contributed by atoms with Crippen molar-refractivity contribution < 1.29 is 4.74 Å². The first-order chi connectivity index (χ1) is 8.13. The summed E-state index contributed by atoms with van der Waals surface area (Å²) in [6.07, 6.45) is 0. The van der Waals surface area contributed by atoms with Crippen LogP contribution in [0.3, 0.4) is 0 Å². The summed E-state index contributed by atoms with van der Waals surface area (Å²) >= 11 is 7.17. The molecule has 0 aromatic carbocycles. The lowest BCUT2D eigenvalue weighted by molar-refractivity contribution is -0.00322. The van der Waals surface area contributed by atoms with Gasteiger partial charge in [-0.2, -0.15) is 5.10 Å². The number of morpholine rings is 1. The van der Waals surface area contributed by atoms with E-state index in [2.05, 4.69) is 41.9 Å². The molecule has 17 heavy (non-hydrogen) atoms. The van der Waals surface area contributed by atoms with Crippen molar-refractivity contribution in [2.24, 2.45) is 7.05 Å². The summed E-state index contributed by atoms with van der Waals surface area (Å²) in [7, 11) is 2.00. The van der Waals surface area contributed by atoms with E-state index in [1.165, 1.54) is 5.69 Å². The molecule has 1 atom stereocenters. The molecule has 0 saturated carbocycles. The minimum absolute atomic E-state index is 0.450. The van der Waals surface area contributed by atoms with Crippen LogP contribution >= 0.6 is 31.9 Å². The van der Waals surface area contributed by atoms with Crippen molar-refractivity contribution in [2.45, 2.75) is 19.5 Å². The monoisotopic (exact) mass is 365 g/mol. The maximum atomic E-state index is 5.50. The Morgan fingerprint density at radius 1 is 1.53 bits per heavy atom. The Morgan fingerprint density at radius 2 is 2.29 bits per heavy atom. The maximum Gasteiger partial charge on any atom is 0.0739 e. The van der Waals surface area contributed by atoms with Gasteiger partial charge in [-0.05, 0) is 22.9 Å². The van der Waals surface area contributed by atoms with Crippen LogP contribution in [0.25, 0.3) is 0 Å². The van der Waals surface area contributed by atoms with E-state index < -0.39 is 0 Å². The molecule has 2 heterocycles. The lowest BCUT2D eigenvalue weighted by Crippen LogP contribution is -2.46. The van der Waals surface area contributed by atoms with Crippen LogP contribution in [0.15, 0.2) is 4.47 Å². The molecule has 0 amide bonds. The highest BCUT2D eigenvalue weighted by atomic mass is 79.9. The van der Waals surface area contributed by atoms with Gasteiger partial charge in [0.1, 0.15) is 0 Å². The topological polar surface area (TPSA) is 30.3 Å². The van der Waals surface area contributed by atoms with Crippen molar-refractivity contribution in [1.82, 2.24) is 14.7 Å². The largest absolute Gasteiger partial charge is 0.378 e. The van der Waals surface area contributed by atoms with E-state index in [4.69, 9.17) is 4.74 Å². The van der Waals surface area contributed by atoms with Gasteiger partial charge in [-0.25, -0.2) is 0 Å². The van der Waals surface area contributed by atoms with Gasteiger partial charge in [0.05, 0.1) is 29.1 Å². The molecule has 0 bridgehead atoms. The highest BCUT2D eigenvalue weighted by Gasteiger charge is 2.24. The van der Waals surface area contributed by atoms with Crippen LogP contribution in [-0.2, 0) is 18.3 Å². The molecular weight excluding hydrogens is 350 g/mol. The molecule has 0 spiro atoms. The van der Waals surface area contributed by atoms with Gasteiger partial charge < -0.3 is 4.74 Å². The predicted octanol–water partition coefficient (Wildman–Crippen LogP) is 2.09. The zero-order valence-corrected chi connectivity index (χ0v) is 13.3. The summed E-state index contributed by atoms with van der Waals surface area (Å²) in [5, 5.41) is 5.37. The van der Waals surface area contributed by atoms with E-state index >= 15 is 0 Å². The quantitative estimate of drug-likeness (QED) is 0.767. The fraction of sp³-hybridized carbons (Fsp3) is 0.727. The third kappa shape index (κ3) is 2.92. The maximum absolute atomic E-state index is 5.50. The molecule has 96 valence electrons. The summed E-state index contributed by atoms with van der Waals surface area (Å²) in [5.74, 6) is 0. The number of ether oxygens (including phenoxy) is 1. The number of hydrogen-bond donors (Lipinski definition) is 0. The Kier molecular flexibility index (Phi) is 4.63. The number of hydrogen-bond acceptors (Lipinski definition) is 3. The van der Waals surface area contributed by atoms with Crippen LogP contribution in [0.4, 0.5) is 0 Å². The van der Waals surface area contributed by atoms with Gasteiger partial charge in [0.25, 0.3) is 0 Å². The van der Waals surface area contributed by atoms with Crippen molar-refractivity contribution in [3.63, 3.8) is 0 Å². The third-order valence-corrected chi connectivity index (χ3v) is 4.92. The van der Waals surface area contributed by atoms with Crippen LogP contribution in [-0.4, -0.2) is 45.8 Å². The molecule has 1 aromatic rings. The standard InChI is InChI=1S/C11H17Br2N3O/c1-8-11(13)10(15(2)14-8)6-16-3-4-17-7-9(16)5-12/h9H,3-7H2,1-2H3. The van der Waals surface area contributed by atoms with Gasteiger partial charge in [-0.3, -0.25) is 9.58 Å². The minimum atomic E-state index is 0.450. The first-order valence-corrected chi connectivity index (χ1v) is 7.60.